The summed E-state index contributed by atoms with van der Waals surface area (Å²) in [6.07, 6.45) is -4.78. The smallest absolute Gasteiger partial charge is 0.333 e. The number of alkyl halides is 3. The van der Waals surface area contributed by atoms with Crippen molar-refractivity contribution in [3.8, 4) is 11.1 Å². The molecular formula is C37H40F4N4O2S. The number of rotatable bonds is 13. The minimum Gasteiger partial charge on any atom is -0.333 e. The van der Waals surface area contributed by atoms with Gasteiger partial charge in [0.2, 0.25) is 5.91 Å². The Balaban J connectivity index is 1.77. The van der Waals surface area contributed by atoms with E-state index < -0.39 is 114 Å². The molecule has 48 heavy (non-hydrogen) atoms. The van der Waals surface area contributed by atoms with Gasteiger partial charge in [-0.25, -0.2) is 4.39 Å². The van der Waals surface area contributed by atoms with E-state index in [0.29, 0.717) is 18.4 Å². The van der Waals surface area contributed by atoms with Crippen LogP contribution in [0, 0.1) is 5.82 Å². The lowest BCUT2D eigenvalue weighted by Gasteiger charge is -2.33. The maximum absolute atomic E-state index is 15.3. The third kappa shape index (κ3) is 8.36. The van der Waals surface area contributed by atoms with Crippen molar-refractivity contribution < 1.29 is 45.7 Å². The Bertz CT molecular complexity index is 2520. The van der Waals surface area contributed by atoms with Gasteiger partial charge in [-0.15, -0.1) is 0 Å². The summed E-state index contributed by atoms with van der Waals surface area (Å²) in [5.74, 6) is -3.76. The summed E-state index contributed by atoms with van der Waals surface area (Å²) in [6.45, 7) is -16.0. The second-order valence-corrected chi connectivity index (χ2v) is 11.0. The highest BCUT2D eigenvalue weighted by Gasteiger charge is 2.30. The van der Waals surface area contributed by atoms with Crippen LogP contribution in [0.3, 0.4) is 0 Å². The van der Waals surface area contributed by atoms with Crippen molar-refractivity contribution in [2.45, 2.75) is 69.6 Å². The molecule has 5 rings (SSSR count). The topological polar surface area (TPSA) is 58.4 Å². The first-order valence-corrected chi connectivity index (χ1v) is 15.2. The van der Waals surface area contributed by atoms with Gasteiger partial charge < -0.3 is 14.4 Å². The van der Waals surface area contributed by atoms with Crippen LogP contribution in [0.25, 0.3) is 11.1 Å². The number of aromatic nitrogens is 2. The van der Waals surface area contributed by atoms with Crippen LogP contribution in [0.5, 0.6) is 0 Å². The first-order chi connectivity index (χ1) is 29.3. The number of carbonyl (C=O) groups is 1. The average molecular weight is 698 g/mol. The minimum absolute atomic E-state index is 0.0555. The molecule has 4 aromatic rings. The van der Waals surface area contributed by atoms with Crippen LogP contribution >= 0.6 is 11.8 Å². The van der Waals surface area contributed by atoms with E-state index in [1.54, 1.807) is 0 Å². The molecule has 0 aliphatic heterocycles. The molecule has 11 heteroatoms. The lowest BCUT2D eigenvalue weighted by Crippen LogP contribution is -2.42. The monoisotopic (exact) mass is 697 g/mol. The Kier molecular flexibility index (Phi) is 6.23. The Labute approximate surface area is 306 Å². The van der Waals surface area contributed by atoms with Crippen molar-refractivity contribution in [3.63, 3.8) is 0 Å². The van der Waals surface area contributed by atoms with E-state index in [9.17, 15) is 29.2 Å². The SMILES string of the molecule is [2H]c1c([2H])c(C([2H])([2H])Sc2nc(=O)c3c(n2C([2H])([2H])C(=O)N(C([2H])(C)c2ccc(-c4ccc(C(F)(F)F)cc4)cc2)C([2H])([2H])C([2H])([2H])N(C([2H])([2H])C)C([2H])([2H])C)CCC3)c([2H])c([2H])c1F. The molecule has 1 aliphatic carbocycles. The van der Waals surface area contributed by atoms with E-state index in [1.807, 2.05) is 0 Å². The molecule has 6 nitrogen and oxygen atoms in total. The van der Waals surface area contributed by atoms with Crippen molar-refractivity contribution in [2.24, 2.45) is 0 Å². The van der Waals surface area contributed by atoms with Gasteiger partial charge in [-0.05, 0) is 85.7 Å². The average Bonchev–Trinajstić information content (AvgIpc) is 3.64. The summed E-state index contributed by atoms with van der Waals surface area (Å²) in [7, 11) is 0. The molecule has 1 atom stereocenters. The zero-order chi connectivity index (χ0) is 49.6. The van der Waals surface area contributed by atoms with Gasteiger partial charge in [0.15, 0.2) is 5.16 Å². The van der Waals surface area contributed by atoms with E-state index >= 15 is 4.79 Å². The summed E-state index contributed by atoms with van der Waals surface area (Å²) in [6, 6.07) is 0.681. The molecule has 0 radical (unpaired) electrons. The van der Waals surface area contributed by atoms with E-state index in [1.165, 1.54) is 12.1 Å². The molecule has 0 fully saturated rings. The third-order valence-corrected chi connectivity index (χ3v) is 8.02. The number of benzene rings is 3. The highest BCUT2D eigenvalue weighted by Crippen LogP contribution is 2.32. The van der Waals surface area contributed by atoms with Gasteiger partial charge in [0.25, 0.3) is 5.56 Å². The van der Waals surface area contributed by atoms with Crippen LogP contribution in [0.2, 0.25) is 0 Å². The third-order valence-electron chi connectivity index (χ3n) is 7.26. The maximum atomic E-state index is 15.3. The van der Waals surface area contributed by atoms with Crippen molar-refractivity contribution >= 4 is 17.7 Å². The Morgan fingerprint density at radius 2 is 1.65 bits per heavy atom. The van der Waals surface area contributed by atoms with Crippen molar-refractivity contribution in [3.05, 3.63) is 117 Å². The molecule has 3 aromatic carbocycles. The molecule has 0 saturated heterocycles. The summed E-state index contributed by atoms with van der Waals surface area (Å²) in [5, 5.41) is -1.01. The van der Waals surface area contributed by atoms with Gasteiger partial charge in [-0.2, -0.15) is 18.2 Å². The quantitative estimate of drug-likeness (QED) is 0.0812. The summed E-state index contributed by atoms with van der Waals surface area (Å²) in [4.78, 5) is 32.0. The minimum atomic E-state index is -4.65. The highest BCUT2D eigenvalue weighted by atomic mass is 32.2. The van der Waals surface area contributed by atoms with E-state index in [2.05, 4.69) is 4.98 Å². The predicted molar refractivity (Wildman–Crippen MR) is 181 cm³/mol. The van der Waals surface area contributed by atoms with Crippen molar-refractivity contribution in [1.82, 2.24) is 19.4 Å². The fourth-order valence-corrected chi connectivity index (χ4v) is 5.47. The lowest BCUT2D eigenvalue weighted by molar-refractivity contribution is -0.137. The van der Waals surface area contributed by atoms with Crippen LogP contribution < -0.4 is 5.56 Å². The molecule has 1 aromatic heterocycles. The van der Waals surface area contributed by atoms with Crippen molar-refractivity contribution in [1.29, 1.82) is 0 Å². The van der Waals surface area contributed by atoms with Gasteiger partial charge in [0.1, 0.15) is 12.3 Å². The number of fused-ring (bicyclic) bond motifs is 1. The number of carbonyl (C=O) groups excluding carboxylic acids is 1. The molecule has 0 spiro atoms. The number of amides is 1. The molecule has 1 heterocycles. The standard InChI is InChI=1S/C37H40F4N4O2S/c1-4-43(5-2)21-22-44(25(3)27-11-13-28(14-12-27)29-15-17-30(18-16-29)37(39,40)41)34(46)23-45-33-8-6-7-32(33)35(47)42-36(45)48-24-26-9-19-31(38)20-10-26/h9-20,25H,4-8,21-24H2,1-3H3/i4D2,5D2,9D,10D,19D,20D,21D2,22D2,23D2,24D2,25D. The summed E-state index contributed by atoms with van der Waals surface area (Å²) < 4.78 is 203. The number of thioether (sulfide) groups is 1. The van der Waals surface area contributed by atoms with Gasteiger partial charge in [-0.1, -0.05) is 74.1 Å². The number of nitrogens with zero attached hydrogens (tertiary/aromatic N) is 4. The number of hydrogen-bond donors (Lipinski definition) is 0. The number of hydrogen-bond acceptors (Lipinski definition) is 5. The molecule has 0 N–H and O–H groups in total. The van der Waals surface area contributed by atoms with Crippen LogP contribution in [0.4, 0.5) is 17.6 Å². The first kappa shape index (κ1) is 19.3. The van der Waals surface area contributed by atoms with Gasteiger partial charge in [-0.3, -0.25) is 9.59 Å². The Hall–Kier alpha value is -3.96. The largest absolute Gasteiger partial charge is 0.416 e. The molecule has 1 amide bonds. The Morgan fingerprint density at radius 1 is 1.02 bits per heavy atom. The van der Waals surface area contributed by atoms with Crippen LogP contribution in [0.1, 0.15) is 84.5 Å². The second kappa shape index (κ2) is 15.5. The van der Waals surface area contributed by atoms with Crippen LogP contribution in [0.15, 0.2) is 82.7 Å². The van der Waals surface area contributed by atoms with E-state index in [0.717, 1.165) is 43.3 Å². The zero-order valence-corrected chi connectivity index (χ0v) is 26.6. The molecule has 1 aliphatic rings. The second-order valence-electron chi connectivity index (χ2n) is 10.2. The molecule has 0 saturated carbocycles. The fourth-order valence-electron chi connectivity index (χ4n) is 4.79. The lowest BCUT2D eigenvalue weighted by atomic mass is 9.99. The predicted octanol–water partition coefficient (Wildman–Crippen LogP) is 7.78. The van der Waals surface area contributed by atoms with Crippen molar-refractivity contribution in [2.75, 3.05) is 26.0 Å². The first-order valence-electron chi connectivity index (χ1n) is 22.9. The Morgan fingerprint density at radius 3 is 2.25 bits per heavy atom. The van der Waals surface area contributed by atoms with Gasteiger partial charge in [0, 0.05) is 40.9 Å². The van der Waals surface area contributed by atoms with Gasteiger partial charge in [0.05, 0.1) is 23.9 Å². The molecular weight excluding hydrogens is 640 g/mol. The summed E-state index contributed by atoms with van der Waals surface area (Å²) >= 11 is -0.196. The van der Waals surface area contributed by atoms with Gasteiger partial charge >= 0.3 is 6.18 Å². The number of halogens is 4. The molecule has 1 unspecified atom stereocenters. The zero-order valence-electron chi connectivity index (χ0n) is 42.8. The van der Waals surface area contributed by atoms with E-state index in [4.69, 9.17) is 16.4 Å². The highest BCUT2D eigenvalue weighted by molar-refractivity contribution is 7.98. The maximum Gasteiger partial charge on any atom is 0.416 e. The number of likely N-dealkylation sites (N-methyl/N-ethyl adjacent to an activating group) is 1. The molecule has 254 valence electrons. The molecule has 0 bridgehead atoms. The van der Waals surface area contributed by atoms with E-state index in [-0.39, 0.29) is 63.2 Å². The van der Waals surface area contributed by atoms with Crippen LogP contribution in [-0.2, 0) is 36.0 Å². The normalized spacial score (nSPS) is 21.1. The summed E-state index contributed by atoms with van der Waals surface area (Å²) in [5.41, 5.74) is -6.70. The van der Waals surface area contributed by atoms with Crippen LogP contribution in [-0.4, -0.2) is 51.2 Å². The fraction of sp³-hybridized carbons (Fsp3) is 0.378.